The number of anilines is 2. The van der Waals surface area contributed by atoms with E-state index in [-0.39, 0.29) is 30.5 Å². The zero-order chi connectivity index (χ0) is 16.4. The van der Waals surface area contributed by atoms with E-state index in [2.05, 4.69) is 10.3 Å². The van der Waals surface area contributed by atoms with Crippen molar-refractivity contribution in [3.8, 4) is 0 Å². The summed E-state index contributed by atoms with van der Waals surface area (Å²) in [6, 6.07) is 5.55. The van der Waals surface area contributed by atoms with E-state index >= 15 is 0 Å². The van der Waals surface area contributed by atoms with Gasteiger partial charge in [0.05, 0.1) is 19.0 Å². The van der Waals surface area contributed by atoms with Crippen molar-refractivity contribution in [1.29, 1.82) is 0 Å². The molecular formula is C15H17FN4O3. The Morgan fingerprint density at radius 3 is 3.04 bits per heavy atom. The van der Waals surface area contributed by atoms with E-state index in [4.69, 9.17) is 15.6 Å². The molecule has 2 unspecified atom stereocenters. The molecule has 1 aliphatic rings. The second-order valence-electron chi connectivity index (χ2n) is 5.32. The van der Waals surface area contributed by atoms with Gasteiger partial charge >= 0.3 is 0 Å². The average Bonchev–Trinajstić information content (AvgIpc) is 3.13. The minimum Gasteiger partial charge on any atom is -0.394 e. The Hall–Kier alpha value is -2.45. The van der Waals surface area contributed by atoms with Gasteiger partial charge in [-0.15, -0.1) is 0 Å². The van der Waals surface area contributed by atoms with Gasteiger partial charge in [0.25, 0.3) is 5.91 Å². The number of hydrogen-bond acceptors (Lipinski definition) is 5. The van der Waals surface area contributed by atoms with Crippen molar-refractivity contribution >= 4 is 17.4 Å². The zero-order valence-electron chi connectivity index (χ0n) is 12.3. The molecule has 3 rings (SSSR count). The third kappa shape index (κ3) is 3.17. The Bertz CT molecular complexity index is 718. The maximum Gasteiger partial charge on any atom is 0.278 e. The van der Waals surface area contributed by atoms with Crippen molar-refractivity contribution in [3.63, 3.8) is 0 Å². The quantitative estimate of drug-likeness (QED) is 0.793. The third-order valence-corrected chi connectivity index (χ3v) is 3.73. The van der Waals surface area contributed by atoms with E-state index in [0.29, 0.717) is 18.5 Å². The number of nitrogens with zero attached hydrogens (tertiary/aromatic N) is 2. The Labute approximate surface area is 131 Å². The molecule has 1 aliphatic heterocycles. The van der Waals surface area contributed by atoms with Gasteiger partial charge in [-0.2, -0.15) is 0 Å². The SMILES string of the molecule is Nc1c(C(=O)Nc2cccc(F)c2)ncn1C1CCC(CO)O1. The van der Waals surface area contributed by atoms with Crippen molar-refractivity contribution in [2.45, 2.75) is 25.2 Å². The number of imidazole rings is 1. The maximum absolute atomic E-state index is 13.1. The fourth-order valence-corrected chi connectivity index (χ4v) is 2.56. The second kappa shape index (κ2) is 6.35. The van der Waals surface area contributed by atoms with Crippen molar-refractivity contribution in [2.75, 3.05) is 17.7 Å². The Morgan fingerprint density at radius 2 is 2.35 bits per heavy atom. The van der Waals surface area contributed by atoms with Crippen molar-refractivity contribution < 1.29 is 19.0 Å². The third-order valence-electron chi connectivity index (χ3n) is 3.73. The van der Waals surface area contributed by atoms with E-state index < -0.39 is 11.7 Å². The number of hydrogen-bond donors (Lipinski definition) is 3. The molecule has 0 saturated carbocycles. The van der Waals surface area contributed by atoms with E-state index in [1.165, 1.54) is 24.5 Å². The molecule has 8 heteroatoms. The van der Waals surface area contributed by atoms with Crippen molar-refractivity contribution in [2.24, 2.45) is 0 Å². The van der Waals surface area contributed by atoms with Crippen molar-refractivity contribution in [3.05, 3.63) is 42.1 Å². The normalized spacial score (nSPS) is 20.6. The fourth-order valence-electron chi connectivity index (χ4n) is 2.56. The monoisotopic (exact) mass is 320 g/mol. The molecule has 0 radical (unpaired) electrons. The van der Waals surface area contributed by atoms with Crippen LogP contribution >= 0.6 is 0 Å². The van der Waals surface area contributed by atoms with Gasteiger partial charge in [0, 0.05) is 5.69 Å². The number of amides is 1. The molecule has 0 bridgehead atoms. The number of halogens is 1. The summed E-state index contributed by atoms with van der Waals surface area (Å²) in [4.78, 5) is 16.2. The number of carbonyl (C=O) groups excluding carboxylic acids is 1. The van der Waals surface area contributed by atoms with E-state index in [9.17, 15) is 9.18 Å². The lowest BCUT2D eigenvalue weighted by Crippen LogP contribution is -2.17. The van der Waals surface area contributed by atoms with Crippen LogP contribution in [0.15, 0.2) is 30.6 Å². The number of nitrogen functional groups attached to an aromatic ring is 1. The number of nitrogens with two attached hydrogens (primary N) is 1. The van der Waals surface area contributed by atoms with Crippen molar-refractivity contribution in [1.82, 2.24) is 9.55 Å². The summed E-state index contributed by atoms with van der Waals surface area (Å²) in [6.45, 7) is -0.0575. The molecule has 1 amide bonds. The van der Waals surface area contributed by atoms with Gasteiger partial charge in [0.15, 0.2) is 5.69 Å². The number of ether oxygens (including phenoxy) is 1. The number of benzene rings is 1. The Kier molecular flexibility index (Phi) is 4.26. The summed E-state index contributed by atoms with van der Waals surface area (Å²) >= 11 is 0. The van der Waals surface area contributed by atoms with E-state index in [1.807, 2.05) is 0 Å². The summed E-state index contributed by atoms with van der Waals surface area (Å²) in [7, 11) is 0. The first-order chi connectivity index (χ1) is 11.1. The van der Waals surface area contributed by atoms with Crippen LogP contribution in [0.2, 0.25) is 0 Å². The largest absolute Gasteiger partial charge is 0.394 e. The second-order valence-corrected chi connectivity index (χ2v) is 5.32. The molecule has 1 saturated heterocycles. The molecule has 0 spiro atoms. The van der Waals surface area contributed by atoms with Gasteiger partial charge in [-0.25, -0.2) is 9.37 Å². The molecule has 0 aliphatic carbocycles. The zero-order valence-corrected chi connectivity index (χ0v) is 12.3. The molecule has 23 heavy (non-hydrogen) atoms. The van der Waals surface area contributed by atoms with Crippen LogP contribution in [0.5, 0.6) is 0 Å². The molecule has 2 atom stereocenters. The lowest BCUT2D eigenvalue weighted by molar-refractivity contribution is -0.0214. The highest BCUT2D eigenvalue weighted by molar-refractivity contribution is 6.05. The van der Waals surface area contributed by atoms with Gasteiger partial charge < -0.3 is 20.9 Å². The van der Waals surface area contributed by atoms with Crippen LogP contribution in [-0.2, 0) is 4.74 Å². The molecule has 1 aromatic heterocycles. The lowest BCUT2D eigenvalue weighted by Gasteiger charge is -2.15. The molecule has 2 aromatic rings. The van der Waals surface area contributed by atoms with Crippen LogP contribution in [0.25, 0.3) is 0 Å². The predicted octanol–water partition coefficient (Wildman–Crippen LogP) is 1.53. The lowest BCUT2D eigenvalue weighted by atomic mass is 10.2. The molecule has 7 nitrogen and oxygen atoms in total. The minimum absolute atomic E-state index is 0.0466. The highest BCUT2D eigenvalue weighted by atomic mass is 19.1. The summed E-state index contributed by atoms with van der Waals surface area (Å²) < 4.78 is 20.3. The highest BCUT2D eigenvalue weighted by Crippen LogP contribution is 2.30. The topological polar surface area (TPSA) is 102 Å². The molecule has 2 heterocycles. The number of aromatic nitrogens is 2. The summed E-state index contributed by atoms with van der Waals surface area (Å²) in [5.74, 6) is -0.804. The van der Waals surface area contributed by atoms with E-state index in [0.717, 1.165) is 0 Å². The van der Waals surface area contributed by atoms with Crippen LogP contribution in [0, 0.1) is 5.82 Å². The molecule has 1 fully saturated rings. The summed E-state index contributed by atoms with van der Waals surface area (Å²) in [5.41, 5.74) is 6.34. The Balaban J connectivity index is 1.75. The molecule has 1 aromatic carbocycles. The van der Waals surface area contributed by atoms with Crippen LogP contribution in [-0.4, -0.2) is 33.3 Å². The fraction of sp³-hybridized carbons (Fsp3) is 0.333. The van der Waals surface area contributed by atoms with Gasteiger partial charge in [-0.05, 0) is 31.0 Å². The Morgan fingerprint density at radius 1 is 1.52 bits per heavy atom. The first kappa shape index (κ1) is 15.4. The van der Waals surface area contributed by atoms with Crippen LogP contribution in [0.4, 0.5) is 15.9 Å². The van der Waals surface area contributed by atoms with Crippen LogP contribution < -0.4 is 11.1 Å². The number of nitrogens with one attached hydrogen (secondary N) is 1. The van der Waals surface area contributed by atoms with Gasteiger partial charge in [-0.1, -0.05) is 6.07 Å². The van der Waals surface area contributed by atoms with Gasteiger partial charge in [-0.3, -0.25) is 9.36 Å². The summed E-state index contributed by atoms with van der Waals surface area (Å²) in [6.07, 6.45) is 2.24. The van der Waals surface area contributed by atoms with Gasteiger partial charge in [0.1, 0.15) is 17.9 Å². The van der Waals surface area contributed by atoms with Gasteiger partial charge in [0.2, 0.25) is 0 Å². The summed E-state index contributed by atoms with van der Waals surface area (Å²) in [5, 5.41) is 11.7. The van der Waals surface area contributed by atoms with Crippen LogP contribution in [0.3, 0.4) is 0 Å². The highest BCUT2D eigenvalue weighted by Gasteiger charge is 2.28. The number of aliphatic hydroxyl groups excluding tert-OH is 1. The first-order valence-electron chi connectivity index (χ1n) is 7.24. The molecule has 122 valence electrons. The predicted molar refractivity (Wildman–Crippen MR) is 81.2 cm³/mol. The van der Waals surface area contributed by atoms with E-state index in [1.54, 1.807) is 10.6 Å². The average molecular weight is 320 g/mol. The number of aliphatic hydroxyl groups is 1. The molecule has 4 N–H and O–H groups in total. The number of carbonyl (C=O) groups is 1. The van der Waals surface area contributed by atoms with Crippen LogP contribution in [0.1, 0.15) is 29.6 Å². The number of rotatable bonds is 4. The minimum atomic E-state index is -0.524. The molecular weight excluding hydrogens is 303 g/mol. The maximum atomic E-state index is 13.1. The first-order valence-corrected chi connectivity index (χ1v) is 7.24. The smallest absolute Gasteiger partial charge is 0.278 e. The standard InChI is InChI=1S/C15H17FN4O3/c16-9-2-1-3-10(6-9)19-15(22)13-14(17)20(8-18-13)12-5-4-11(7-21)23-12/h1-3,6,8,11-12,21H,4-5,7,17H2,(H,19,22).